The van der Waals surface area contributed by atoms with E-state index in [0.717, 1.165) is 39.3 Å². The molecule has 5 aromatic carbocycles. The summed E-state index contributed by atoms with van der Waals surface area (Å²) in [5, 5.41) is 2.36. The van der Waals surface area contributed by atoms with Crippen LogP contribution < -0.4 is 0 Å². The number of rotatable bonds is 3. The molecule has 1 spiro atoms. The number of hydrogen-bond acceptors (Lipinski definition) is 3. The van der Waals surface area contributed by atoms with Crippen molar-refractivity contribution in [2.24, 2.45) is 0 Å². The summed E-state index contributed by atoms with van der Waals surface area (Å²) in [4.78, 5) is 11.5. The van der Waals surface area contributed by atoms with Crippen LogP contribution in [0.15, 0.2) is 133 Å². The molecule has 0 N–H and O–H groups in total. The monoisotopic (exact) mass is 688 g/mol. The van der Waals surface area contributed by atoms with Crippen molar-refractivity contribution in [1.29, 1.82) is 0 Å². The van der Waals surface area contributed by atoms with Gasteiger partial charge in [-0.15, -0.1) is 11.3 Å². The minimum absolute atomic E-state index is 0.0618. The first-order valence-electron chi connectivity index (χ1n) is 19.1. The second kappa shape index (κ2) is 11.2. The van der Waals surface area contributed by atoms with Crippen LogP contribution in [-0.2, 0) is 10.8 Å². The van der Waals surface area contributed by atoms with Crippen LogP contribution in [0.4, 0.5) is 0 Å². The lowest BCUT2D eigenvalue weighted by Gasteiger charge is -2.38. The zero-order valence-electron chi connectivity index (χ0n) is 29.7. The molecule has 0 aliphatic heterocycles. The van der Waals surface area contributed by atoms with E-state index in [4.69, 9.17) is 9.97 Å². The molecule has 52 heavy (non-hydrogen) atoms. The van der Waals surface area contributed by atoms with Crippen LogP contribution in [0.2, 0.25) is 0 Å². The summed E-state index contributed by atoms with van der Waals surface area (Å²) in [5.74, 6) is 1.30. The molecule has 7 aromatic rings. The fourth-order valence-corrected chi connectivity index (χ4v) is 11.5. The van der Waals surface area contributed by atoms with Gasteiger partial charge in [-0.3, -0.25) is 0 Å². The van der Waals surface area contributed by atoms with Gasteiger partial charge in [-0.2, -0.15) is 0 Å². The SMILES string of the molecule is CC1(C)c2cc3c(cc2-c2c(-c4ccc(-c5nc(-c6ccccc6)c6c(n5)sc5ccccc56)cc4)cccc21)C1(CCCCC1)C1=CC=CCC13. The minimum atomic E-state index is -0.0618. The molecule has 2 heterocycles. The summed E-state index contributed by atoms with van der Waals surface area (Å²) >= 11 is 1.75. The molecule has 0 amide bonds. The highest BCUT2D eigenvalue weighted by Crippen LogP contribution is 2.62. The van der Waals surface area contributed by atoms with Gasteiger partial charge in [-0.1, -0.05) is 154 Å². The van der Waals surface area contributed by atoms with E-state index >= 15 is 0 Å². The summed E-state index contributed by atoms with van der Waals surface area (Å²) in [6, 6.07) is 40.5. The van der Waals surface area contributed by atoms with Crippen molar-refractivity contribution in [2.45, 2.75) is 69.1 Å². The Morgan fingerprint density at radius 2 is 1.46 bits per heavy atom. The molecule has 1 atom stereocenters. The fourth-order valence-electron chi connectivity index (χ4n) is 10.4. The molecular weight excluding hydrogens is 649 g/mol. The topological polar surface area (TPSA) is 25.8 Å². The predicted molar refractivity (Wildman–Crippen MR) is 218 cm³/mol. The molecule has 0 radical (unpaired) electrons. The Balaban J connectivity index is 1.04. The first-order valence-corrected chi connectivity index (χ1v) is 19.9. The molecule has 1 saturated carbocycles. The molecule has 0 bridgehead atoms. The zero-order chi connectivity index (χ0) is 34.6. The van der Waals surface area contributed by atoms with E-state index in [1.165, 1.54) is 75.6 Å². The Morgan fingerprint density at radius 3 is 2.31 bits per heavy atom. The molecule has 0 saturated heterocycles. The van der Waals surface area contributed by atoms with Crippen molar-refractivity contribution in [3.8, 4) is 44.9 Å². The number of aromatic nitrogens is 2. The quantitative estimate of drug-likeness (QED) is 0.185. The molecule has 4 aliphatic rings. The average Bonchev–Trinajstić information content (AvgIpc) is 3.78. The van der Waals surface area contributed by atoms with E-state index in [1.54, 1.807) is 28.0 Å². The van der Waals surface area contributed by atoms with Gasteiger partial charge in [-0.05, 0) is 75.9 Å². The highest BCUT2D eigenvalue weighted by atomic mass is 32.1. The van der Waals surface area contributed by atoms with Gasteiger partial charge in [-0.25, -0.2) is 9.97 Å². The smallest absolute Gasteiger partial charge is 0.161 e. The van der Waals surface area contributed by atoms with E-state index in [0.29, 0.717) is 5.92 Å². The van der Waals surface area contributed by atoms with Gasteiger partial charge >= 0.3 is 0 Å². The number of allylic oxidation sites excluding steroid dienone is 4. The fraction of sp³-hybridized carbons (Fsp3) is 0.224. The number of thiophene rings is 1. The molecule has 2 aromatic heterocycles. The zero-order valence-corrected chi connectivity index (χ0v) is 30.6. The Hall–Kier alpha value is -5.12. The molecule has 2 nitrogen and oxygen atoms in total. The normalized spacial score (nSPS) is 19.0. The van der Waals surface area contributed by atoms with Crippen molar-refractivity contribution < 1.29 is 0 Å². The molecular formula is C49H40N2S. The Morgan fingerprint density at radius 1 is 0.673 bits per heavy atom. The number of nitrogens with zero attached hydrogens (tertiary/aromatic N) is 2. The number of fused-ring (bicyclic) bond motifs is 11. The summed E-state index contributed by atoms with van der Waals surface area (Å²) < 4.78 is 1.24. The lowest BCUT2D eigenvalue weighted by atomic mass is 9.66. The van der Waals surface area contributed by atoms with E-state index in [1.807, 2.05) is 0 Å². The summed E-state index contributed by atoms with van der Waals surface area (Å²) in [6.07, 6.45) is 14.9. The van der Waals surface area contributed by atoms with Gasteiger partial charge < -0.3 is 0 Å². The summed E-state index contributed by atoms with van der Waals surface area (Å²) in [6.45, 7) is 4.87. The molecule has 252 valence electrons. The molecule has 1 unspecified atom stereocenters. The first kappa shape index (κ1) is 30.5. The van der Waals surface area contributed by atoms with E-state index in [2.05, 4.69) is 141 Å². The second-order valence-electron chi connectivity index (χ2n) is 15.9. The van der Waals surface area contributed by atoms with Crippen molar-refractivity contribution in [1.82, 2.24) is 9.97 Å². The van der Waals surface area contributed by atoms with Crippen LogP contribution in [0.1, 0.15) is 80.5 Å². The van der Waals surface area contributed by atoms with Crippen LogP contribution in [-0.4, -0.2) is 9.97 Å². The third kappa shape index (κ3) is 4.23. The third-order valence-corrected chi connectivity index (χ3v) is 14.0. The second-order valence-corrected chi connectivity index (χ2v) is 17.0. The van der Waals surface area contributed by atoms with Crippen LogP contribution >= 0.6 is 11.3 Å². The van der Waals surface area contributed by atoms with E-state index in [9.17, 15) is 0 Å². The number of hydrogen-bond donors (Lipinski definition) is 0. The third-order valence-electron chi connectivity index (χ3n) is 12.9. The molecule has 3 heteroatoms. The minimum Gasteiger partial charge on any atom is -0.227 e. The Kier molecular flexibility index (Phi) is 6.56. The van der Waals surface area contributed by atoms with E-state index < -0.39 is 0 Å². The maximum atomic E-state index is 5.26. The highest BCUT2D eigenvalue weighted by Gasteiger charge is 2.50. The summed E-state index contributed by atoms with van der Waals surface area (Å²) in [7, 11) is 0. The van der Waals surface area contributed by atoms with Gasteiger partial charge in [0.05, 0.1) is 5.69 Å². The van der Waals surface area contributed by atoms with Crippen molar-refractivity contribution in [3.05, 3.63) is 155 Å². The van der Waals surface area contributed by atoms with Gasteiger partial charge in [0.1, 0.15) is 4.83 Å². The van der Waals surface area contributed by atoms with Gasteiger partial charge in [0, 0.05) is 43.3 Å². The van der Waals surface area contributed by atoms with Crippen LogP contribution in [0.25, 0.3) is 65.2 Å². The first-order chi connectivity index (χ1) is 25.5. The number of benzene rings is 5. The van der Waals surface area contributed by atoms with Crippen LogP contribution in [0.5, 0.6) is 0 Å². The van der Waals surface area contributed by atoms with Crippen LogP contribution in [0, 0.1) is 0 Å². The van der Waals surface area contributed by atoms with Crippen molar-refractivity contribution in [2.75, 3.05) is 0 Å². The maximum Gasteiger partial charge on any atom is 0.161 e. The average molecular weight is 689 g/mol. The molecule has 1 fully saturated rings. The lowest BCUT2D eigenvalue weighted by molar-refractivity contribution is 0.342. The lowest BCUT2D eigenvalue weighted by Crippen LogP contribution is -2.29. The van der Waals surface area contributed by atoms with Crippen LogP contribution in [0.3, 0.4) is 0 Å². The van der Waals surface area contributed by atoms with Gasteiger partial charge in [0.2, 0.25) is 0 Å². The van der Waals surface area contributed by atoms with Gasteiger partial charge in [0.25, 0.3) is 0 Å². The molecule has 4 aliphatic carbocycles. The predicted octanol–water partition coefficient (Wildman–Crippen LogP) is 13.3. The summed E-state index contributed by atoms with van der Waals surface area (Å²) in [5.41, 5.74) is 16.6. The standard InChI is InChI=1S/C49H40N2S/c1-48(2)39-20-13-18-33(43(39)37-29-41-36(28-40(37)48)34-16-7-9-19-38(34)49(41)26-11-4-12-27-49)30-22-24-32(25-23-30)46-50-45(31-14-5-3-6-15-31)44-35-17-8-10-21-42(35)52-47(44)51-46/h3,5-10,13-15,17-25,28-29,34H,4,11-12,16,26-27H2,1-2H3. The maximum absolute atomic E-state index is 5.26. The Bertz CT molecular complexity index is 2650. The highest BCUT2D eigenvalue weighted by molar-refractivity contribution is 7.25. The van der Waals surface area contributed by atoms with Crippen molar-refractivity contribution >= 4 is 31.6 Å². The molecule has 11 rings (SSSR count). The van der Waals surface area contributed by atoms with Crippen molar-refractivity contribution in [3.63, 3.8) is 0 Å². The Labute approximate surface area is 309 Å². The van der Waals surface area contributed by atoms with E-state index in [-0.39, 0.29) is 10.8 Å². The largest absolute Gasteiger partial charge is 0.227 e. The van der Waals surface area contributed by atoms with Gasteiger partial charge in [0.15, 0.2) is 5.82 Å².